The van der Waals surface area contributed by atoms with Crippen LogP contribution >= 0.6 is 0 Å². The molecule has 0 aliphatic rings. The quantitative estimate of drug-likeness (QED) is 0.379. The second-order valence-electron chi connectivity index (χ2n) is 7.07. The number of hydrogen-bond acceptors (Lipinski definition) is 5. The summed E-state index contributed by atoms with van der Waals surface area (Å²) in [6, 6.07) is 6.65. The molecular weight excluding hydrogens is 442 g/mol. The molecule has 0 spiro atoms. The van der Waals surface area contributed by atoms with Crippen molar-refractivity contribution in [2.24, 2.45) is 0 Å². The van der Waals surface area contributed by atoms with Crippen LogP contribution in [0.4, 0.5) is 39.8 Å². The normalized spacial score (nSPS) is 11.7. The van der Waals surface area contributed by atoms with Crippen molar-refractivity contribution in [1.29, 1.82) is 0 Å². The van der Waals surface area contributed by atoms with Gasteiger partial charge in [-0.25, -0.2) is 32.2 Å². The van der Waals surface area contributed by atoms with Crippen molar-refractivity contribution >= 4 is 23.5 Å². The molecular formula is C22H21F4N5O2. The smallest absolute Gasteiger partial charge is 0.327 e. The summed E-state index contributed by atoms with van der Waals surface area (Å²) < 4.78 is 59.1. The maximum absolute atomic E-state index is 14.0. The first-order chi connectivity index (χ1) is 15.8. The third-order valence-electron chi connectivity index (χ3n) is 4.47. The number of anilines is 3. The fraction of sp³-hybridized carbons (Fsp3) is 0.227. The third-order valence-corrected chi connectivity index (χ3v) is 4.47. The highest BCUT2D eigenvalue weighted by Crippen LogP contribution is 2.25. The lowest BCUT2D eigenvalue weighted by molar-refractivity contribution is 0.190. The van der Waals surface area contributed by atoms with E-state index >= 15 is 0 Å². The Kier molecular flexibility index (Phi) is 7.78. The monoisotopic (exact) mass is 463 g/mol. The minimum Gasteiger partial charge on any atom is -0.383 e. The Morgan fingerprint density at radius 1 is 1.06 bits per heavy atom. The van der Waals surface area contributed by atoms with Gasteiger partial charge >= 0.3 is 6.03 Å². The molecule has 3 rings (SSSR count). The number of halogens is 4. The molecule has 11 heteroatoms. The molecule has 0 aliphatic heterocycles. The summed E-state index contributed by atoms with van der Waals surface area (Å²) in [5.41, 5.74) is 0.00832. The first-order valence-electron chi connectivity index (χ1n) is 9.84. The molecule has 0 bridgehead atoms. The van der Waals surface area contributed by atoms with Gasteiger partial charge in [0.2, 0.25) is 5.95 Å². The second kappa shape index (κ2) is 10.7. The fourth-order valence-corrected chi connectivity index (χ4v) is 2.95. The van der Waals surface area contributed by atoms with Gasteiger partial charge in [-0.15, -0.1) is 0 Å². The average molecular weight is 463 g/mol. The number of aromatic nitrogens is 2. The molecule has 0 fully saturated rings. The fourth-order valence-electron chi connectivity index (χ4n) is 2.95. The summed E-state index contributed by atoms with van der Waals surface area (Å²) in [5.74, 6) is -3.76. The van der Waals surface area contributed by atoms with Gasteiger partial charge < -0.3 is 15.4 Å². The number of carbonyl (C=O) groups is 1. The van der Waals surface area contributed by atoms with Crippen LogP contribution in [-0.2, 0) is 11.3 Å². The van der Waals surface area contributed by atoms with Crippen molar-refractivity contribution in [3.8, 4) is 0 Å². The van der Waals surface area contributed by atoms with Gasteiger partial charge in [-0.1, -0.05) is 0 Å². The van der Waals surface area contributed by atoms with Crippen LogP contribution in [-0.4, -0.2) is 35.8 Å². The number of urea groups is 1. The van der Waals surface area contributed by atoms with Crippen LogP contribution in [0.15, 0.2) is 48.7 Å². The van der Waals surface area contributed by atoms with Gasteiger partial charge in [-0.3, -0.25) is 0 Å². The maximum Gasteiger partial charge on any atom is 0.327 e. The number of hydrogen-bond donors (Lipinski definition) is 2. The van der Waals surface area contributed by atoms with Crippen LogP contribution in [0.2, 0.25) is 0 Å². The van der Waals surface area contributed by atoms with E-state index in [1.54, 1.807) is 7.11 Å². The summed E-state index contributed by atoms with van der Waals surface area (Å²) in [6.07, 6.45) is 1.42. The van der Waals surface area contributed by atoms with Crippen LogP contribution in [0.1, 0.15) is 12.5 Å². The van der Waals surface area contributed by atoms with E-state index in [2.05, 4.69) is 20.6 Å². The van der Waals surface area contributed by atoms with Gasteiger partial charge in [0, 0.05) is 43.6 Å². The predicted octanol–water partition coefficient (Wildman–Crippen LogP) is 4.53. The molecule has 1 aromatic heterocycles. The van der Waals surface area contributed by atoms with Crippen LogP contribution in [0.3, 0.4) is 0 Å². The van der Waals surface area contributed by atoms with Crippen LogP contribution in [0.25, 0.3) is 0 Å². The van der Waals surface area contributed by atoms with E-state index in [1.807, 2.05) is 6.92 Å². The Bertz CT molecular complexity index is 1110. The van der Waals surface area contributed by atoms with E-state index in [1.165, 1.54) is 24.4 Å². The predicted molar refractivity (Wildman–Crippen MR) is 114 cm³/mol. The van der Waals surface area contributed by atoms with E-state index in [-0.39, 0.29) is 29.1 Å². The van der Waals surface area contributed by atoms with Gasteiger partial charge in [0.1, 0.15) is 17.5 Å². The van der Waals surface area contributed by atoms with Crippen molar-refractivity contribution in [2.75, 3.05) is 23.9 Å². The highest BCUT2D eigenvalue weighted by atomic mass is 19.2. The first-order valence-corrected chi connectivity index (χ1v) is 9.84. The van der Waals surface area contributed by atoms with E-state index in [4.69, 9.17) is 4.74 Å². The molecule has 1 atom stereocenters. The largest absolute Gasteiger partial charge is 0.383 e. The van der Waals surface area contributed by atoms with E-state index in [9.17, 15) is 22.4 Å². The minimum absolute atomic E-state index is 0.130. The lowest BCUT2D eigenvalue weighted by atomic mass is 10.2. The standard InChI is InChI=1S/C22H21F4N5O2/c1-13(12-33-2)29-21-27-8-7-20(30-21)31(16-5-3-15(23)4-6-16)22(32)28-11-14-9-18(25)19(26)10-17(14)24/h3-10,13H,11-12H2,1-2H3,(H,28,32)(H,27,29,30)/t13-/m0/s1. The Morgan fingerprint density at radius 3 is 2.45 bits per heavy atom. The van der Waals surface area contributed by atoms with Crippen LogP contribution < -0.4 is 15.5 Å². The van der Waals surface area contributed by atoms with Gasteiger partial charge in [0.15, 0.2) is 11.6 Å². The molecule has 0 saturated carbocycles. The summed E-state index contributed by atoms with van der Waals surface area (Å²) >= 11 is 0. The molecule has 0 aliphatic carbocycles. The highest BCUT2D eigenvalue weighted by Gasteiger charge is 2.21. The molecule has 0 radical (unpaired) electrons. The zero-order valence-corrected chi connectivity index (χ0v) is 17.8. The lowest BCUT2D eigenvalue weighted by Crippen LogP contribution is -2.37. The summed E-state index contributed by atoms with van der Waals surface area (Å²) in [4.78, 5) is 22.6. The number of rotatable bonds is 8. The Morgan fingerprint density at radius 2 is 1.76 bits per heavy atom. The van der Waals surface area contributed by atoms with Gasteiger partial charge in [-0.2, -0.15) is 4.98 Å². The molecule has 174 valence electrons. The molecule has 3 aromatic rings. The minimum atomic E-state index is -1.33. The van der Waals surface area contributed by atoms with E-state index < -0.39 is 35.8 Å². The second-order valence-corrected chi connectivity index (χ2v) is 7.07. The zero-order valence-electron chi connectivity index (χ0n) is 17.8. The maximum atomic E-state index is 14.0. The SMILES string of the molecule is COC[C@H](C)Nc1nccc(N(C(=O)NCc2cc(F)c(F)cc2F)c2ccc(F)cc2)n1. The first kappa shape index (κ1) is 23.9. The van der Waals surface area contributed by atoms with Gasteiger partial charge in [-0.05, 0) is 37.3 Å². The zero-order chi connectivity index (χ0) is 24.0. The third kappa shape index (κ3) is 6.16. The Hall–Kier alpha value is -3.73. The van der Waals surface area contributed by atoms with E-state index in [0.717, 1.165) is 17.0 Å². The topological polar surface area (TPSA) is 79.4 Å². The number of nitrogens with zero attached hydrogens (tertiary/aromatic N) is 3. The molecule has 2 N–H and O–H groups in total. The summed E-state index contributed by atoms with van der Waals surface area (Å²) in [5, 5.41) is 5.46. The van der Waals surface area contributed by atoms with Crippen LogP contribution in [0, 0.1) is 23.3 Å². The van der Waals surface area contributed by atoms with Crippen molar-refractivity contribution in [3.05, 3.63) is 77.5 Å². The lowest BCUT2D eigenvalue weighted by Gasteiger charge is -2.23. The molecule has 0 unspecified atom stereocenters. The van der Waals surface area contributed by atoms with Gasteiger partial charge in [0.25, 0.3) is 0 Å². The van der Waals surface area contributed by atoms with Crippen molar-refractivity contribution in [1.82, 2.24) is 15.3 Å². The number of nitrogens with one attached hydrogen (secondary N) is 2. The van der Waals surface area contributed by atoms with E-state index in [0.29, 0.717) is 18.7 Å². The van der Waals surface area contributed by atoms with Crippen molar-refractivity contribution < 1.29 is 27.1 Å². The average Bonchev–Trinajstić information content (AvgIpc) is 2.77. The number of carbonyl (C=O) groups excluding carboxylic acids is 1. The molecule has 33 heavy (non-hydrogen) atoms. The van der Waals surface area contributed by atoms with Gasteiger partial charge in [0.05, 0.1) is 12.3 Å². The number of amides is 2. The highest BCUT2D eigenvalue weighted by molar-refractivity contribution is 5.98. The molecule has 2 aromatic carbocycles. The number of benzene rings is 2. The number of ether oxygens (including phenoxy) is 1. The van der Waals surface area contributed by atoms with Crippen molar-refractivity contribution in [2.45, 2.75) is 19.5 Å². The van der Waals surface area contributed by atoms with Crippen molar-refractivity contribution in [3.63, 3.8) is 0 Å². The molecule has 1 heterocycles. The van der Waals surface area contributed by atoms with Crippen LogP contribution in [0.5, 0.6) is 0 Å². The number of methoxy groups -OCH3 is 1. The summed E-state index contributed by atoms with van der Waals surface area (Å²) in [7, 11) is 1.55. The molecule has 7 nitrogen and oxygen atoms in total. The molecule has 0 saturated heterocycles. The molecule has 2 amide bonds. The summed E-state index contributed by atoms with van der Waals surface area (Å²) in [6.45, 7) is 1.80. The Balaban J connectivity index is 1.88. The Labute approximate surface area is 187 Å².